The van der Waals surface area contributed by atoms with Gasteiger partial charge in [-0.1, -0.05) is 41.6 Å². The molecule has 0 aliphatic heterocycles. The van der Waals surface area contributed by atoms with Gasteiger partial charge in [-0.2, -0.15) is 4.98 Å². The second kappa shape index (κ2) is 8.41. The Kier molecular flexibility index (Phi) is 5.69. The summed E-state index contributed by atoms with van der Waals surface area (Å²) >= 11 is 7.31. The molecule has 4 rings (SSSR count). The second-order valence-electron chi connectivity index (χ2n) is 6.67. The summed E-state index contributed by atoms with van der Waals surface area (Å²) in [6.07, 6.45) is 0. The maximum absolute atomic E-state index is 14.0. The lowest BCUT2D eigenvalue weighted by atomic mass is 10.1. The molecule has 0 saturated heterocycles. The van der Waals surface area contributed by atoms with E-state index in [4.69, 9.17) is 11.6 Å². The number of nitrogens with zero attached hydrogens (tertiary/aromatic N) is 4. The summed E-state index contributed by atoms with van der Waals surface area (Å²) in [4.78, 5) is 21.6. The van der Waals surface area contributed by atoms with Crippen molar-refractivity contribution in [3.8, 4) is 0 Å². The highest BCUT2D eigenvalue weighted by atomic mass is 35.5. The molecule has 6 nitrogen and oxygen atoms in total. The Labute approximate surface area is 181 Å². The van der Waals surface area contributed by atoms with E-state index in [2.05, 4.69) is 20.4 Å². The van der Waals surface area contributed by atoms with E-state index >= 15 is 0 Å². The van der Waals surface area contributed by atoms with Crippen LogP contribution in [-0.2, 0) is 5.75 Å². The van der Waals surface area contributed by atoms with E-state index in [1.165, 1.54) is 30.0 Å². The lowest BCUT2D eigenvalue weighted by molar-refractivity contribution is 0.102. The average molecular weight is 442 g/mol. The van der Waals surface area contributed by atoms with Crippen molar-refractivity contribution in [3.63, 3.8) is 0 Å². The summed E-state index contributed by atoms with van der Waals surface area (Å²) < 4.78 is 15.7. The molecule has 4 aromatic rings. The lowest BCUT2D eigenvalue weighted by Gasteiger charge is -2.10. The highest BCUT2D eigenvalue weighted by Crippen LogP contribution is 2.25. The number of halogens is 2. The van der Waals surface area contributed by atoms with Crippen LogP contribution in [0.3, 0.4) is 0 Å². The number of aromatic nitrogens is 4. The second-order valence-corrected chi connectivity index (χ2v) is 8.05. The minimum Gasteiger partial charge on any atom is -0.319 e. The zero-order valence-corrected chi connectivity index (χ0v) is 17.8. The van der Waals surface area contributed by atoms with Crippen molar-refractivity contribution >= 4 is 40.7 Å². The van der Waals surface area contributed by atoms with Crippen LogP contribution in [0, 0.1) is 19.7 Å². The van der Waals surface area contributed by atoms with E-state index in [0.717, 1.165) is 17.0 Å². The Hall–Kier alpha value is -2.97. The highest BCUT2D eigenvalue weighted by Gasteiger charge is 2.15. The van der Waals surface area contributed by atoms with Crippen molar-refractivity contribution in [1.82, 2.24) is 19.6 Å². The van der Waals surface area contributed by atoms with Gasteiger partial charge in [0.05, 0.1) is 5.69 Å². The molecule has 9 heteroatoms. The maximum atomic E-state index is 14.0. The molecular weight excluding hydrogens is 425 g/mol. The third kappa shape index (κ3) is 4.29. The molecule has 0 saturated carbocycles. The number of thioether (sulfide) groups is 1. The Morgan fingerprint density at radius 3 is 2.80 bits per heavy atom. The maximum Gasteiger partial charge on any atom is 0.256 e. The zero-order valence-electron chi connectivity index (χ0n) is 16.2. The summed E-state index contributed by atoms with van der Waals surface area (Å²) in [7, 11) is 0. The molecule has 0 atom stereocenters. The van der Waals surface area contributed by atoms with Crippen LogP contribution in [0.4, 0.5) is 10.1 Å². The van der Waals surface area contributed by atoms with Crippen LogP contribution >= 0.6 is 23.4 Å². The number of carbonyl (C=O) groups is 1. The minimum atomic E-state index is -0.549. The molecule has 0 spiro atoms. The van der Waals surface area contributed by atoms with Crippen molar-refractivity contribution in [2.75, 3.05) is 5.32 Å². The molecule has 0 unspecified atom stereocenters. The van der Waals surface area contributed by atoms with Gasteiger partial charge in [0.15, 0.2) is 0 Å². The smallest absolute Gasteiger partial charge is 0.256 e. The fourth-order valence-electron chi connectivity index (χ4n) is 3.00. The molecule has 2 aromatic carbocycles. The van der Waals surface area contributed by atoms with Gasteiger partial charge in [-0.05, 0) is 49.7 Å². The fraction of sp³-hybridized carbons (Fsp3) is 0.143. The number of rotatable bonds is 5. The van der Waals surface area contributed by atoms with E-state index in [0.29, 0.717) is 27.3 Å². The summed E-state index contributed by atoms with van der Waals surface area (Å²) in [5.74, 6) is 0.0453. The molecule has 2 aromatic heterocycles. The van der Waals surface area contributed by atoms with Crippen LogP contribution in [0.1, 0.15) is 27.3 Å². The lowest BCUT2D eigenvalue weighted by Crippen LogP contribution is -2.15. The van der Waals surface area contributed by atoms with Gasteiger partial charge in [0.1, 0.15) is 5.82 Å². The predicted octanol–water partition coefficient (Wildman–Crippen LogP) is 5.08. The number of fused-ring (bicyclic) bond motifs is 1. The van der Waals surface area contributed by atoms with E-state index in [9.17, 15) is 9.18 Å². The molecule has 30 heavy (non-hydrogen) atoms. The molecule has 1 N–H and O–H groups in total. The summed E-state index contributed by atoms with van der Waals surface area (Å²) in [5.41, 5.74) is 3.08. The first kappa shape index (κ1) is 20.3. The first-order valence-corrected chi connectivity index (χ1v) is 10.4. The van der Waals surface area contributed by atoms with Crippen LogP contribution in [-0.4, -0.2) is 25.5 Å². The van der Waals surface area contributed by atoms with Crippen molar-refractivity contribution in [2.45, 2.75) is 24.8 Å². The molecule has 0 aliphatic carbocycles. The van der Waals surface area contributed by atoms with Crippen LogP contribution in [0.25, 0.3) is 5.78 Å². The summed E-state index contributed by atoms with van der Waals surface area (Å²) in [5, 5.41) is 7.96. The van der Waals surface area contributed by atoms with Crippen molar-refractivity contribution < 1.29 is 9.18 Å². The van der Waals surface area contributed by atoms with Gasteiger partial charge >= 0.3 is 0 Å². The number of hydrogen-bond acceptors (Lipinski definition) is 5. The highest BCUT2D eigenvalue weighted by molar-refractivity contribution is 7.98. The largest absolute Gasteiger partial charge is 0.319 e. The molecule has 152 valence electrons. The standard InChI is InChI=1S/C21H17ClFN5OS/c1-12-9-13(2)28-20(24-12)26-21(27-28)30-11-14-5-3-4-6-16(14)19(29)25-18-10-15(22)7-8-17(18)23/h3-10H,11H2,1-2H3,(H,25,29). The molecule has 2 heterocycles. The van der Waals surface area contributed by atoms with Crippen molar-refractivity contribution in [1.29, 1.82) is 0 Å². The van der Waals surface area contributed by atoms with E-state index in [-0.39, 0.29) is 5.69 Å². The van der Waals surface area contributed by atoms with Crippen LogP contribution in [0.2, 0.25) is 5.02 Å². The SMILES string of the molecule is Cc1cc(C)n2nc(SCc3ccccc3C(=O)Nc3cc(Cl)ccc3F)nc2n1. The molecule has 0 radical (unpaired) electrons. The van der Waals surface area contributed by atoms with Gasteiger partial charge in [-0.3, -0.25) is 4.79 Å². The number of amides is 1. The van der Waals surface area contributed by atoms with Crippen molar-refractivity contribution in [2.24, 2.45) is 0 Å². The molecular formula is C21H17ClFN5OS. The average Bonchev–Trinajstić information content (AvgIpc) is 3.12. The summed E-state index contributed by atoms with van der Waals surface area (Å²) in [6, 6.07) is 13.1. The van der Waals surface area contributed by atoms with Gasteiger partial charge in [-0.25, -0.2) is 13.9 Å². The molecule has 0 bridgehead atoms. The Bertz CT molecular complexity index is 1260. The Morgan fingerprint density at radius 2 is 1.97 bits per heavy atom. The molecule has 0 aliphatic rings. The first-order valence-electron chi connectivity index (χ1n) is 9.09. The Morgan fingerprint density at radius 1 is 1.17 bits per heavy atom. The van der Waals surface area contributed by atoms with E-state index < -0.39 is 11.7 Å². The first-order chi connectivity index (χ1) is 14.4. The van der Waals surface area contributed by atoms with Crippen LogP contribution < -0.4 is 5.32 Å². The normalized spacial score (nSPS) is 11.1. The van der Waals surface area contributed by atoms with Gasteiger partial charge in [0, 0.05) is 27.7 Å². The number of anilines is 1. The number of aryl methyl sites for hydroxylation is 2. The summed E-state index contributed by atoms with van der Waals surface area (Å²) in [6.45, 7) is 3.85. The Balaban J connectivity index is 1.54. The minimum absolute atomic E-state index is 0.0360. The predicted molar refractivity (Wildman–Crippen MR) is 116 cm³/mol. The third-order valence-corrected chi connectivity index (χ3v) is 5.52. The quantitative estimate of drug-likeness (QED) is 0.437. The van der Waals surface area contributed by atoms with Crippen LogP contribution in [0.5, 0.6) is 0 Å². The van der Waals surface area contributed by atoms with E-state index in [1.807, 2.05) is 32.0 Å². The van der Waals surface area contributed by atoms with Gasteiger partial charge in [-0.15, -0.1) is 5.10 Å². The molecule has 0 fully saturated rings. The fourth-order valence-corrected chi connectivity index (χ4v) is 4.00. The van der Waals surface area contributed by atoms with Crippen LogP contribution in [0.15, 0.2) is 53.7 Å². The monoisotopic (exact) mass is 441 g/mol. The molecule has 1 amide bonds. The van der Waals surface area contributed by atoms with E-state index in [1.54, 1.807) is 16.6 Å². The number of benzene rings is 2. The van der Waals surface area contributed by atoms with Gasteiger partial charge in [0.2, 0.25) is 5.16 Å². The number of hydrogen-bond donors (Lipinski definition) is 1. The van der Waals surface area contributed by atoms with Gasteiger partial charge < -0.3 is 5.32 Å². The zero-order chi connectivity index (χ0) is 21.3. The topological polar surface area (TPSA) is 72.2 Å². The van der Waals surface area contributed by atoms with Gasteiger partial charge in [0.25, 0.3) is 11.7 Å². The third-order valence-electron chi connectivity index (χ3n) is 4.39. The number of nitrogens with one attached hydrogen (secondary N) is 1. The van der Waals surface area contributed by atoms with Crippen molar-refractivity contribution in [3.05, 3.63) is 81.9 Å². The number of carbonyl (C=O) groups excluding carboxylic acids is 1.